The zero-order chi connectivity index (χ0) is 17.8. The third-order valence-electron chi connectivity index (χ3n) is 4.99. The first-order valence-corrected chi connectivity index (χ1v) is 9.50. The molecule has 1 fully saturated rings. The Morgan fingerprint density at radius 3 is 3.08 bits per heavy atom. The Morgan fingerprint density at radius 2 is 2.27 bits per heavy atom. The fraction of sp³-hybridized carbons (Fsp3) is 0.316. The van der Waals surface area contributed by atoms with Gasteiger partial charge in [0.05, 0.1) is 16.1 Å². The minimum absolute atomic E-state index is 0.273. The van der Waals surface area contributed by atoms with Gasteiger partial charge < -0.3 is 10.6 Å². The van der Waals surface area contributed by atoms with Crippen LogP contribution >= 0.6 is 11.3 Å². The molecule has 0 radical (unpaired) electrons. The van der Waals surface area contributed by atoms with Crippen molar-refractivity contribution in [1.29, 1.82) is 0 Å². The van der Waals surface area contributed by atoms with Crippen LogP contribution in [0, 0.1) is 12.8 Å². The van der Waals surface area contributed by atoms with Gasteiger partial charge in [0.2, 0.25) is 5.91 Å². The van der Waals surface area contributed by atoms with Crippen molar-refractivity contribution < 1.29 is 9.18 Å². The number of aryl methyl sites for hydroxylation is 1. The van der Waals surface area contributed by atoms with E-state index in [0.717, 1.165) is 40.1 Å². The van der Waals surface area contributed by atoms with Crippen molar-refractivity contribution in [1.82, 2.24) is 9.97 Å². The number of amides is 1. The smallest absolute Gasteiger partial charge is 0.232 e. The molecule has 132 valence electrons. The van der Waals surface area contributed by atoms with Crippen LogP contribution in [0.3, 0.4) is 0 Å². The van der Waals surface area contributed by atoms with Crippen LogP contribution in [0.25, 0.3) is 21.3 Å². The lowest BCUT2D eigenvalue weighted by atomic mass is 9.96. The fourth-order valence-corrected chi connectivity index (χ4v) is 4.44. The summed E-state index contributed by atoms with van der Waals surface area (Å²) in [5.41, 5.74) is 5.59. The van der Waals surface area contributed by atoms with Gasteiger partial charge in [0.1, 0.15) is 12.0 Å². The van der Waals surface area contributed by atoms with Gasteiger partial charge in [-0.2, -0.15) is 0 Å². The van der Waals surface area contributed by atoms with E-state index in [1.165, 1.54) is 22.5 Å². The lowest BCUT2D eigenvalue weighted by Crippen LogP contribution is -2.14. The van der Waals surface area contributed by atoms with Crippen LogP contribution in [0.15, 0.2) is 24.4 Å². The summed E-state index contributed by atoms with van der Waals surface area (Å²) in [6.07, 6.45) is 2.19. The van der Waals surface area contributed by atoms with Gasteiger partial charge >= 0.3 is 0 Å². The molecule has 1 saturated carbocycles. The molecule has 2 atom stereocenters. The predicted octanol–water partition coefficient (Wildman–Crippen LogP) is 3.93. The number of rotatable bonds is 3. The zero-order valence-corrected chi connectivity index (χ0v) is 15.0. The standard InChI is InChI=1S/C19H17FN4OS/c1-9-8-22-17-11(4-5-21-17)16(9)10-2-3-14-15(6-10)26-19(23-14)24-18(25)12-7-13(12)20/h2-3,6,8,12-13H,4-5,7H2,1H3,(H,21,22)(H,23,24,25). The van der Waals surface area contributed by atoms with Gasteiger partial charge in [0.25, 0.3) is 0 Å². The number of fused-ring (bicyclic) bond motifs is 2. The van der Waals surface area contributed by atoms with Gasteiger partial charge in [0.15, 0.2) is 5.13 Å². The number of carbonyl (C=O) groups is 1. The van der Waals surface area contributed by atoms with E-state index >= 15 is 0 Å². The molecular formula is C19H17FN4OS. The summed E-state index contributed by atoms with van der Waals surface area (Å²) < 4.78 is 14.0. The van der Waals surface area contributed by atoms with E-state index in [2.05, 4.69) is 39.7 Å². The van der Waals surface area contributed by atoms with E-state index in [4.69, 9.17) is 0 Å². The number of benzene rings is 1. The first-order valence-electron chi connectivity index (χ1n) is 8.68. The molecule has 1 aliphatic carbocycles. The summed E-state index contributed by atoms with van der Waals surface area (Å²) in [5.74, 6) is 0.186. The highest BCUT2D eigenvalue weighted by atomic mass is 32.1. The van der Waals surface area contributed by atoms with Crippen LogP contribution in [0.5, 0.6) is 0 Å². The van der Waals surface area contributed by atoms with Crippen LogP contribution < -0.4 is 10.6 Å². The molecule has 3 aromatic rings. The third-order valence-corrected chi connectivity index (χ3v) is 5.93. The number of nitrogens with zero attached hydrogens (tertiary/aromatic N) is 2. The van der Waals surface area contributed by atoms with E-state index in [-0.39, 0.29) is 5.91 Å². The number of hydrogen-bond donors (Lipinski definition) is 2. The molecule has 0 spiro atoms. The Labute approximate surface area is 153 Å². The van der Waals surface area contributed by atoms with Crippen molar-refractivity contribution in [2.75, 3.05) is 17.2 Å². The van der Waals surface area contributed by atoms with Gasteiger partial charge in [0, 0.05) is 18.3 Å². The van der Waals surface area contributed by atoms with E-state index in [1.54, 1.807) is 0 Å². The molecule has 2 N–H and O–H groups in total. The Bertz CT molecular complexity index is 1050. The largest absolute Gasteiger partial charge is 0.369 e. The average Bonchev–Trinajstić information content (AvgIpc) is 3.02. The van der Waals surface area contributed by atoms with Crippen LogP contribution in [0.2, 0.25) is 0 Å². The summed E-state index contributed by atoms with van der Waals surface area (Å²) in [5, 5.41) is 6.59. The van der Waals surface area contributed by atoms with Crippen molar-refractivity contribution in [3.8, 4) is 11.1 Å². The third kappa shape index (κ3) is 2.54. The van der Waals surface area contributed by atoms with Gasteiger partial charge in [-0.1, -0.05) is 17.4 Å². The van der Waals surface area contributed by atoms with Gasteiger partial charge in [-0.3, -0.25) is 4.79 Å². The molecule has 5 nitrogen and oxygen atoms in total. The second-order valence-electron chi connectivity index (χ2n) is 6.87. The summed E-state index contributed by atoms with van der Waals surface area (Å²) in [6.45, 7) is 2.99. The van der Waals surface area contributed by atoms with E-state index in [1.807, 2.05) is 12.3 Å². The number of hydrogen-bond acceptors (Lipinski definition) is 5. The molecule has 1 amide bonds. The molecule has 0 bridgehead atoms. The molecule has 2 aliphatic rings. The number of pyridine rings is 1. The van der Waals surface area contributed by atoms with Crippen molar-refractivity contribution in [3.05, 3.63) is 35.5 Å². The first-order chi connectivity index (χ1) is 12.6. The minimum atomic E-state index is -0.999. The number of thiazole rings is 1. The molecule has 5 rings (SSSR count). The molecule has 2 aromatic heterocycles. The topological polar surface area (TPSA) is 66.9 Å². The maximum Gasteiger partial charge on any atom is 0.232 e. The molecular weight excluding hydrogens is 351 g/mol. The maximum atomic E-state index is 13.0. The summed E-state index contributed by atoms with van der Waals surface area (Å²) >= 11 is 1.42. The van der Waals surface area contributed by atoms with E-state index in [9.17, 15) is 9.18 Å². The van der Waals surface area contributed by atoms with Gasteiger partial charge in [-0.25, -0.2) is 14.4 Å². The fourth-order valence-electron chi connectivity index (χ4n) is 3.53. The Kier molecular flexibility index (Phi) is 3.46. The monoisotopic (exact) mass is 368 g/mol. The van der Waals surface area contributed by atoms with Crippen LogP contribution in [0.4, 0.5) is 15.3 Å². The Morgan fingerprint density at radius 1 is 1.42 bits per heavy atom. The van der Waals surface area contributed by atoms with Crippen LogP contribution in [-0.2, 0) is 11.2 Å². The van der Waals surface area contributed by atoms with Crippen LogP contribution in [-0.4, -0.2) is 28.6 Å². The SMILES string of the molecule is Cc1cnc2c(c1-c1ccc3nc(NC(=O)C4CC4F)sc3c1)CCN2. The molecule has 26 heavy (non-hydrogen) atoms. The molecule has 3 heterocycles. The number of carbonyl (C=O) groups excluding carboxylic acids is 1. The molecule has 1 aliphatic heterocycles. The van der Waals surface area contributed by atoms with Crippen LogP contribution in [0.1, 0.15) is 17.5 Å². The summed E-state index contributed by atoms with van der Waals surface area (Å²) in [6, 6.07) is 6.15. The predicted molar refractivity (Wildman–Crippen MR) is 101 cm³/mol. The van der Waals surface area contributed by atoms with Crippen molar-refractivity contribution in [3.63, 3.8) is 0 Å². The lowest BCUT2D eigenvalue weighted by molar-refractivity contribution is -0.117. The second-order valence-corrected chi connectivity index (χ2v) is 7.90. The van der Waals surface area contributed by atoms with E-state index in [0.29, 0.717) is 11.6 Å². The molecule has 0 saturated heterocycles. The lowest BCUT2D eigenvalue weighted by Gasteiger charge is -2.11. The highest BCUT2D eigenvalue weighted by Crippen LogP contribution is 2.38. The number of halogens is 1. The number of nitrogens with one attached hydrogen (secondary N) is 2. The zero-order valence-electron chi connectivity index (χ0n) is 14.2. The van der Waals surface area contributed by atoms with Crippen molar-refractivity contribution >= 4 is 38.4 Å². The normalized spacial score (nSPS) is 20.7. The Hall–Kier alpha value is -2.54. The summed E-state index contributed by atoms with van der Waals surface area (Å²) in [4.78, 5) is 20.9. The van der Waals surface area contributed by atoms with Gasteiger partial charge in [-0.15, -0.1) is 0 Å². The average molecular weight is 368 g/mol. The number of aromatic nitrogens is 2. The van der Waals surface area contributed by atoms with Gasteiger partial charge in [-0.05, 0) is 48.6 Å². The van der Waals surface area contributed by atoms with E-state index < -0.39 is 12.1 Å². The molecule has 1 aromatic carbocycles. The minimum Gasteiger partial charge on any atom is -0.369 e. The molecule has 2 unspecified atom stereocenters. The number of alkyl halides is 1. The summed E-state index contributed by atoms with van der Waals surface area (Å²) in [7, 11) is 0. The number of anilines is 2. The second kappa shape index (κ2) is 5.74. The highest BCUT2D eigenvalue weighted by Gasteiger charge is 2.43. The quantitative estimate of drug-likeness (QED) is 0.735. The first kappa shape index (κ1) is 15.7. The maximum absolute atomic E-state index is 13.0. The highest BCUT2D eigenvalue weighted by molar-refractivity contribution is 7.22. The van der Waals surface area contributed by atoms with Crippen molar-refractivity contribution in [2.45, 2.75) is 25.9 Å². The Balaban J connectivity index is 1.51. The molecule has 7 heteroatoms. The van der Waals surface area contributed by atoms with Crippen molar-refractivity contribution in [2.24, 2.45) is 5.92 Å².